The van der Waals surface area contributed by atoms with E-state index in [9.17, 15) is 0 Å². The highest BCUT2D eigenvalue weighted by molar-refractivity contribution is 7.60. The van der Waals surface area contributed by atoms with E-state index in [1.807, 2.05) is 0 Å². The third-order valence-electron chi connectivity index (χ3n) is 10.6. The lowest BCUT2D eigenvalue weighted by Crippen LogP contribution is -1.91. The van der Waals surface area contributed by atoms with E-state index < -0.39 is 0 Å². The molecule has 0 radical (unpaired) electrons. The van der Waals surface area contributed by atoms with Crippen LogP contribution in [0.15, 0.2) is 158 Å². The van der Waals surface area contributed by atoms with Crippen LogP contribution in [-0.4, -0.2) is 0 Å². The first-order valence-corrected chi connectivity index (χ1v) is 20.2. The maximum atomic E-state index is 2.51. The first-order chi connectivity index (χ1) is 23.7. The highest BCUT2D eigenvalue weighted by Gasteiger charge is 2.20. The Morgan fingerprint density at radius 1 is 0.312 bits per heavy atom. The van der Waals surface area contributed by atoms with Gasteiger partial charge in [-0.05, 0) is 85.1 Å². The molecule has 2 unspecified atom stereocenters. The molecule has 0 aliphatic rings. The fourth-order valence-corrected chi connectivity index (χ4v) is 12.4. The summed E-state index contributed by atoms with van der Waals surface area (Å²) in [7, 11) is -0.758. The predicted octanol–water partition coefficient (Wildman–Crippen LogP) is 14.7. The van der Waals surface area contributed by atoms with Gasteiger partial charge in [0.1, 0.15) is 0 Å². The first kappa shape index (κ1) is 27.9. The highest BCUT2D eigenvalue weighted by Crippen LogP contribution is 2.53. The second kappa shape index (κ2) is 10.7. The van der Waals surface area contributed by atoms with Gasteiger partial charge in [0.25, 0.3) is 0 Å². The SMILES string of the molecule is Cp1c2ccccc2c2c(-c3cccc4c(-c5ccccc5)c5cccc(-c6cccc7c6c6ccccc6p7C)c5cc34)cccc21. The smallest absolute Gasteiger partial charge is 0.00274 e. The van der Waals surface area contributed by atoms with Gasteiger partial charge in [-0.25, -0.2) is 0 Å². The molecular formula is C46H32P2. The summed E-state index contributed by atoms with van der Waals surface area (Å²) in [5, 5.41) is 16.8. The fraction of sp³-hybridized carbons (Fsp3) is 0.0435. The molecule has 2 atom stereocenters. The van der Waals surface area contributed by atoms with Crippen LogP contribution in [-0.2, 0) is 13.3 Å². The number of fused-ring (bicyclic) bond motifs is 8. The summed E-state index contributed by atoms with van der Waals surface area (Å²) in [6.45, 7) is 4.83. The van der Waals surface area contributed by atoms with Gasteiger partial charge in [0.05, 0.1) is 0 Å². The maximum Gasteiger partial charge on any atom is 0.00274 e. The van der Waals surface area contributed by atoms with E-state index in [0.717, 1.165) is 0 Å². The van der Waals surface area contributed by atoms with Crippen molar-refractivity contribution < 1.29 is 0 Å². The molecule has 0 aliphatic heterocycles. The fourth-order valence-electron chi connectivity index (χ4n) is 8.42. The molecule has 10 rings (SSSR count). The summed E-state index contributed by atoms with van der Waals surface area (Å²) in [6.07, 6.45) is 0. The average molecular weight is 647 g/mol. The van der Waals surface area contributed by atoms with E-state index in [1.54, 1.807) is 0 Å². The average Bonchev–Trinajstić information content (AvgIpc) is 3.61. The first-order valence-electron chi connectivity index (χ1n) is 16.7. The molecule has 0 spiro atoms. The van der Waals surface area contributed by atoms with Crippen molar-refractivity contribution in [3.63, 3.8) is 0 Å². The molecule has 0 nitrogen and oxygen atoms in total. The molecule has 0 fully saturated rings. The van der Waals surface area contributed by atoms with Crippen LogP contribution < -0.4 is 0 Å². The van der Waals surface area contributed by atoms with Crippen LogP contribution in [0.3, 0.4) is 0 Å². The van der Waals surface area contributed by atoms with E-state index in [4.69, 9.17) is 0 Å². The number of hydrogen-bond acceptors (Lipinski definition) is 0. The molecule has 10 aromatic rings. The van der Waals surface area contributed by atoms with Crippen LogP contribution in [0.5, 0.6) is 0 Å². The Labute approximate surface area is 282 Å². The monoisotopic (exact) mass is 646 g/mol. The molecule has 0 bridgehead atoms. The van der Waals surface area contributed by atoms with Gasteiger partial charge >= 0.3 is 0 Å². The van der Waals surface area contributed by atoms with Gasteiger partial charge < -0.3 is 0 Å². The second-order valence-electron chi connectivity index (χ2n) is 13.0. The van der Waals surface area contributed by atoms with Crippen LogP contribution >= 0.6 is 15.1 Å². The Balaban J connectivity index is 1.37. The van der Waals surface area contributed by atoms with Crippen LogP contribution in [0.1, 0.15) is 0 Å². The largest absolute Gasteiger partial charge is 0.112 e. The molecule has 0 amide bonds. The molecule has 0 saturated carbocycles. The van der Waals surface area contributed by atoms with Crippen LogP contribution in [0.4, 0.5) is 0 Å². The molecule has 8 aromatic carbocycles. The maximum absolute atomic E-state index is 2.51. The molecular weight excluding hydrogens is 614 g/mol. The van der Waals surface area contributed by atoms with Gasteiger partial charge in [-0.3, -0.25) is 0 Å². The highest BCUT2D eigenvalue weighted by atomic mass is 31.1. The van der Waals surface area contributed by atoms with E-state index in [0.29, 0.717) is 0 Å². The third kappa shape index (κ3) is 3.91. The summed E-state index contributed by atoms with van der Waals surface area (Å²) in [4.78, 5) is 0. The van der Waals surface area contributed by atoms with Gasteiger partial charge in [0.2, 0.25) is 0 Å². The van der Waals surface area contributed by atoms with Crippen molar-refractivity contribution >= 4 is 78.6 Å². The molecule has 0 N–H and O–H groups in total. The minimum absolute atomic E-state index is 0.379. The van der Waals surface area contributed by atoms with E-state index >= 15 is 0 Å². The van der Waals surface area contributed by atoms with Crippen LogP contribution in [0, 0.1) is 0 Å². The lowest BCUT2D eigenvalue weighted by Gasteiger charge is -2.18. The summed E-state index contributed by atoms with van der Waals surface area (Å²) < 4.78 is 0. The summed E-state index contributed by atoms with van der Waals surface area (Å²) in [5.41, 5.74) is 7.84. The van der Waals surface area contributed by atoms with Gasteiger partial charge in [-0.1, -0.05) is 152 Å². The van der Waals surface area contributed by atoms with Crippen molar-refractivity contribution in [1.82, 2.24) is 0 Å². The minimum atomic E-state index is -0.379. The molecule has 0 aliphatic carbocycles. The normalized spacial score (nSPS) is 12.7. The lowest BCUT2D eigenvalue weighted by molar-refractivity contribution is 1.66. The van der Waals surface area contributed by atoms with E-state index in [1.165, 1.54) is 96.9 Å². The Morgan fingerprint density at radius 3 is 1.23 bits per heavy atom. The second-order valence-corrected chi connectivity index (χ2v) is 17.1. The Hall–Kier alpha value is -5.12. The van der Waals surface area contributed by atoms with Crippen molar-refractivity contribution in [2.24, 2.45) is 13.3 Å². The zero-order valence-corrected chi connectivity index (χ0v) is 28.7. The number of aryl methyl sites for hydroxylation is 2. The van der Waals surface area contributed by atoms with Gasteiger partial charge in [-0.2, -0.15) is 0 Å². The van der Waals surface area contributed by atoms with Gasteiger partial charge in [0.15, 0.2) is 0 Å². The molecule has 2 heterocycles. The number of hydrogen-bond donors (Lipinski definition) is 0. The zero-order chi connectivity index (χ0) is 31.9. The molecule has 0 saturated heterocycles. The standard InChI is InChI=1S/C46H32P2/c1-47-40-24-8-6-16-36(40)45-32(22-12-26-42(45)47)30-18-10-20-34-38(30)28-39-31(19-11-21-35(39)44(34)29-14-4-3-5-15-29)33-23-13-27-43-46(33)37-17-7-9-25-41(37)48(43)2/h3-28H,1-2H3. The van der Waals surface area contributed by atoms with Crippen molar-refractivity contribution in [2.75, 3.05) is 0 Å². The lowest BCUT2D eigenvalue weighted by atomic mass is 9.85. The third-order valence-corrected chi connectivity index (χ3v) is 15.0. The number of rotatable bonds is 3. The Morgan fingerprint density at radius 2 is 0.708 bits per heavy atom. The van der Waals surface area contributed by atoms with Crippen molar-refractivity contribution in [3.05, 3.63) is 158 Å². The van der Waals surface area contributed by atoms with Crippen LogP contribution in [0.25, 0.3) is 96.9 Å². The van der Waals surface area contributed by atoms with Crippen molar-refractivity contribution in [3.8, 4) is 33.4 Å². The number of benzene rings is 8. The molecule has 2 aromatic heterocycles. The zero-order valence-electron chi connectivity index (χ0n) is 26.9. The quantitative estimate of drug-likeness (QED) is 0.168. The molecule has 226 valence electrons. The van der Waals surface area contributed by atoms with Crippen molar-refractivity contribution in [1.29, 1.82) is 0 Å². The summed E-state index contributed by atoms with van der Waals surface area (Å²) in [5.74, 6) is 0. The topological polar surface area (TPSA) is 0 Å². The van der Waals surface area contributed by atoms with E-state index in [2.05, 4.69) is 171 Å². The molecule has 48 heavy (non-hydrogen) atoms. The Kier molecular flexibility index (Phi) is 6.23. The van der Waals surface area contributed by atoms with Gasteiger partial charge in [0, 0.05) is 31.2 Å². The minimum Gasteiger partial charge on any atom is -0.112 e. The predicted molar refractivity (Wildman–Crippen MR) is 215 cm³/mol. The molecule has 2 heteroatoms. The Bertz CT molecular complexity index is 2730. The van der Waals surface area contributed by atoms with E-state index in [-0.39, 0.29) is 15.1 Å². The summed E-state index contributed by atoms with van der Waals surface area (Å²) >= 11 is 0. The summed E-state index contributed by atoms with van der Waals surface area (Å²) in [6, 6.07) is 59.5. The van der Waals surface area contributed by atoms with Crippen molar-refractivity contribution in [2.45, 2.75) is 0 Å². The van der Waals surface area contributed by atoms with Gasteiger partial charge in [-0.15, -0.1) is 15.1 Å². The van der Waals surface area contributed by atoms with Crippen LogP contribution in [0.2, 0.25) is 0 Å².